The van der Waals surface area contributed by atoms with Crippen molar-refractivity contribution in [3.05, 3.63) is 71.8 Å². The molecule has 2 amide bonds. The summed E-state index contributed by atoms with van der Waals surface area (Å²) in [6.07, 6.45) is 1.12. The van der Waals surface area contributed by atoms with Gasteiger partial charge in [-0.05, 0) is 23.5 Å². The van der Waals surface area contributed by atoms with Gasteiger partial charge in [0, 0.05) is 6.42 Å². The van der Waals surface area contributed by atoms with E-state index in [1.54, 1.807) is 12.1 Å². The van der Waals surface area contributed by atoms with Gasteiger partial charge >= 0.3 is 5.97 Å². The number of carbonyl (C=O) groups excluding carboxylic acids is 2. The molecule has 0 aromatic heterocycles. The molecule has 0 heterocycles. The zero-order chi connectivity index (χ0) is 22.8. The van der Waals surface area contributed by atoms with Gasteiger partial charge in [0.15, 0.2) is 0 Å². The number of hydrogen-bond acceptors (Lipinski definition) is 4. The molecule has 166 valence electrons. The number of nitrogens with one attached hydrogen (secondary N) is 2. The summed E-state index contributed by atoms with van der Waals surface area (Å²) >= 11 is 0. The van der Waals surface area contributed by atoms with Gasteiger partial charge < -0.3 is 21.5 Å². The lowest BCUT2D eigenvalue weighted by Crippen LogP contribution is -2.57. The molecule has 5 N–H and O–H groups in total. The number of nitrogens with two attached hydrogens (primary N) is 1. The lowest BCUT2D eigenvalue weighted by atomic mass is 9.96. The Labute approximate surface area is 183 Å². The van der Waals surface area contributed by atoms with E-state index < -0.39 is 35.9 Å². The summed E-state index contributed by atoms with van der Waals surface area (Å²) in [5.74, 6) is -2.30. The second-order valence-corrected chi connectivity index (χ2v) is 7.76. The third-order valence-corrected chi connectivity index (χ3v) is 5.33. The molecule has 0 saturated heterocycles. The Hall–Kier alpha value is -3.19. The first-order chi connectivity index (χ1) is 14.8. The quantitative estimate of drug-likeness (QED) is 0.438. The highest BCUT2D eigenvalue weighted by Crippen LogP contribution is 2.11. The molecule has 0 spiro atoms. The van der Waals surface area contributed by atoms with Gasteiger partial charge in [-0.3, -0.25) is 9.59 Å². The molecule has 7 heteroatoms. The van der Waals surface area contributed by atoms with Crippen LogP contribution in [0.3, 0.4) is 0 Å². The summed E-state index contributed by atoms with van der Waals surface area (Å²) in [5.41, 5.74) is 7.77. The first kappa shape index (κ1) is 24.1. The average Bonchev–Trinajstić information content (AvgIpc) is 2.77. The topological polar surface area (TPSA) is 122 Å². The minimum atomic E-state index is -1.13. The molecular formula is C24H31N3O4. The maximum atomic E-state index is 12.9. The van der Waals surface area contributed by atoms with Crippen LogP contribution in [0.5, 0.6) is 0 Å². The third kappa shape index (κ3) is 7.53. The fraction of sp³-hybridized carbons (Fsp3) is 0.375. The van der Waals surface area contributed by atoms with Crippen LogP contribution in [-0.4, -0.2) is 41.0 Å². The molecule has 0 saturated carbocycles. The van der Waals surface area contributed by atoms with E-state index in [4.69, 9.17) is 5.73 Å². The Morgan fingerprint density at radius 2 is 1.39 bits per heavy atom. The second-order valence-electron chi connectivity index (χ2n) is 7.76. The van der Waals surface area contributed by atoms with Crippen LogP contribution < -0.4 is 16.4 Å². The molecule has 0 fully saturated rings. The third-order valence-electron chi connectivity index (χ3n) is 5.33. The summed E-state index contributed by atoms with van der Waals surface area (Å²) in [6, 6.07) is 15.7. The van der Waals surface area contributed by atoms with Crippen LogP contribution in [0.4, 0.5) is 0 Å². The van der Waals surface area contributed by atoms with Crippen molar-refractivity contribution in [1.82, 2.24) is 10.6 Å². The first-order valence-corrected chi connectivity index (χ1v) is 10.5. The highest BCUT2D eigenvalue weighted by molar-refractivity contribution is 5.92. The van der Waals surface area contributed by atoms with E-state index in [0.29, 0.717) is 12.8 Å². The van der Waals surface area contributed by atoms with Gasteiger partial charge in [-0.15, -0.1) is 0 Å². The molecule has 2 rings (SSSR count). The van der Waals surface area contributed by atoms with Crippen molar-refractivity contribution in [1.29, 1.82) is 0 Å². The number of carboxylic acid groups (broad SMARTS) is 1. The van der Waals surface area contributed by atoms with Gasteiger partial charge in [-0.1, -0.05) is 80.9 Å². The fourth-order valence-corrected chi connectivity index (χ4v) is 3.23. The summed E-state index contributed by atoms with van der Waals surface area (Å²) in [5, 5.41) is 14.9. The van der Waals surface area contributed by atoms with Gasteiger partial charge in [0.25, 0.3) is 0 Å². The van der Waals surface area contributed by atoms with E-state index in [1.165, 1.54) is 0 Å². The largest absolute Gasteiger partial charge is 0.480 e. The molecule has 31 heavy (non-hydrogen) atoms. The number of rotatable bonds is 11. The van der Waals surface area contributed by atoms with Crippen LogP contribution in [-0.2, 0) is 27.2 Å². The number of aliphatic carboxylic acids is 1. The zero-order valence-electron chi connectivity index (χ0n) is 18.0. The fourth-order valence-electron chi connectivity index (χ4n) is 3.23. The van der Waals surface area contributed by atoms with Gasteiger partial charge in [0.2, 0.25) is 11.8 Å². The minimum absolute atomic E-state index is 0.149. The van der Waals surface area contributed by atoms with E-state index >= 15 is 0 Å². The van der Waals surface area contributed by atoms with E-state index in [2.05, 4.69) is 10.6 Å². The smallest absolute Gasteiger partial charge is 0.326 e. The molecule has 0 radical (unpaired) electrons. The van der Waals surface area contributed by atoms with Crippen LogP contribution in [0.15, 0.2) is 60.7 Å². The Bertz CT molecular complexity index is 858. The molecule has 0 aliphatic heterocycles. The normalized spacial score (nSPS) is 14.7. The van der Waals surface area contributed by atoms with Gasteiger partial charge in [0.05, 0.1) is 6.04 Å². The molecular weight excluding hydrogens is 394 g/mol. The minimum Gasteiger partial charge on any atom is -0.480 e. The summed E-state index contributed by atoms with van der Waals surface area (Å²) < 4.78 is 0. The van der Waals surface area contributed by atoms with Crippen molar-refractivity contribution in [3.63, 3.8) is 0 Å². The maximum absolute atomic E-state index is 12.9. The molecule has 0 unspecified atom stereocenters. The number of carboxylic acids is 1. The highest BCUT2D eigenvalue weighted by Gasteiger charge is 2.31. The Morgan fingerprint density at radius 1 is 0.871 bits per heavy atom. The predicted molar refractivity (Wildman–Crippen MR) is 119 cm³/mol. The monoisotopic (exact) mass is 425 g/mol. The zero-order valence-corrected chi connectivity index (χ0v) is 18.0. The van der Waals surface area contributed by atoms with Gasteiger partial charge in [-0.2, -0.15) is 0 Å². The van der Waals surface area contributed by atoms with Crippen LogP contribution in [0, 0.1) is 5.92 Å². The second kappa shape index (κ2) is 11.9. The number of benzene rings is 2. The number of hydrogen-bond donors (Lipinski definition) is 4. The SMILES string of the molecule is CC[C@H](C)[C@H](NC(=O)[C@@H](N)Cc1ccccc1)C(=O)N[C@@H](Cc1ccccc1)C(=O)O. The lowest BCUT2D eigenvalue weighted by molar-refractivity contribution is -0.142. The molecule has 4 atom stereocenters. The van der Waals surface area contributed by atoms with E-state index in [1.807, 2.05) is 62.4 Å². The lowest BCUT2D eigenvalue weighted by Gasteiger charge is -2.26. The van der Waals surface area contributed by atoms with Crippen LogP contribution in [0.2, 0.25) is 0 Å². The van der Waals surface area contributed by atoms with E-state index in [9.17, 15) is 19.5 Å². The summed E-state index contributed by atoms with van der Waals surface area (Å²) in [6.45, 7) is 3.74. The van der Waals surface area contributed by atoms with Crippen molar-refractivity contribution < 1.29 is 19.5 Å². The van der Waals surface area contributed by atoms with Gasteiger partial charge in [-0.25, -0.2) is 4.79 Å². The summed E-state index contributed by atoms with van der Waals surface area (Å²) in [4.78, 5) is 37.3. The molecule has 7 nitrogen and oxygen atoms in total. The average molecular weight is 426 g/mol. The van der Waals surface area contributed by atoms with E-state index in [-0.39, 0.29) is 12.3 Å². The summed E-state index contributed by atoms with van der Waals surface area (Å²) in [7, 11) is 0. The van der Waals surface area contributed by atoms with Crippen molar-refractivity contribution >= 4 is 17.8 Å². The Balaban J connectivity index is 2.06. The van der Waals surface area contributed by atoms with Crippen molar-refractivity contribution in [3.8, 4) is 0 Å². The molecule has 2 aromatic carbocycles. The van der Waals surface area contributed by atoms with Crippen molar-refractivity contribution in [2.75, 3.05) is 0 Å². The molecule has 0 bridgehead atoms. The molecule has 0 aliphatic rings. The van der Waals surface area contributed by atoms with E-state index in [0.717, 1.165) is 11.1 Å². The number of carbonyl (C=O) groups is 3. The standard InChI is InChI=1S/C24H31N3O4/c1-3-16(2)21(27-22(28)19(25)14-17-10-6-4-7-11-17)23(29)26-20(24(30)31)15-18-12-8-5-9-13-18/h4-13,16,19-21H,3,14-15,25H2,1-2H3,(H,26,29)(H,27,28)(H,30,31)/t16-,19-,20-,21-/m0/s1. The van der Waals surface area contributed by atoms with Crippen molar-refractivity contribution in [2.24, 2.45) is 11.7 Å². The van der Waals surface area contributed by atoms with Gasteiger partial charge in [0.1, 0.15) is 12.1 Å². The van der Waals surface area contributed by atoms with Crippen LogP contribution >= 0.6 is 0 Å². The predicted octanol–water partition coefficient (Wildman–Crippen LogP) is 1.90. The Morgan fingerprint density at radius 3 is 1.87 bits per heavy atom. The van der Waals surface area contributed by atoms with Crippen molar-refractivity contribution in [2.45, 2.75) is 51.2 Å². The molecule has 2 aromatic rings. The Kier molecular flexibility index (Phi) is 9.21. The maximum Gasteiger partial charge on any atom is 0.326 e. The number of amides is 2. The first-order valence-electron chi connectivity index (χ1n) is 10.5. The molecule has 0 aliphatic carbocycles. The van der Waals surface area contributed by atoms with Crippen LogP contribution in [0.1, 0.15) is 31.4 Å². The van der Waals surface area contributed by atoms with Crippen LogP contribution in [0.25, 0.3) is 0 Å². The highest BCUT2D eigenvalue weighted by atomic mass is 16.4.